The molecule has 0 unspecified atom stereocenters. The number of rotatable bonds is 10. The van der Waals surface area contributed by atoms with E-state index in [1.54, 1.807) is 37.5 Å². The average molecular weight is 549 g/mol. The fourth-order valence-electron chi connectivity index (χ4n) is 3.88. The summed E-state index contributed by atoms with van der Waals surface area (Å²) in [5, 5.41) is 12.7. The summed E-state index contributed by atoms with van der Waals surface area (Å²) in [5.74, 6) is -0.244. The van der Waals surface area contributed by atoms with Crippen molar-refractivity contribution in [3.63, 3.8) is 0 Å². The number of carbonyl (C=O) groups excluding carboxylic acids is 3. The van der Waals surface area contributed by atoms with Crippen LogP contribution in [0.3, 0.4) is 0 Å². The van der Waals surface area contributed by atoms with Crippen LogP contribution in [0.1, 0.15) is 46.0 Å². The van der Waals surface area contributed by atoms with Gasteiger partial charge in [-0.2, -0.15) is 0 Å². The van der Waals surface area contributed by atoms with Crippen molar-refractivity contribution in [2.45, 2.75) is 51.5 Å². The molecule has 2 aliphatic carbocycles. The molecule has 0 bridgehead atoms. The Morgan fingerprint density at radius 3 is 2.58 bits per heavy atom. The molecule has 3 aromatic rings. The Labute approximate surface area is 231 Å². The number of hydrogen-bond donors (Lipinski definition) is 3. The molecule has 0 aliphatic heterocycles. The van der Waals surface area contributed by atoms with Gasteiger partial charge < -0.3 is 20.7 Å². The summed E-state index contributed by atoms with van der Waals surface area (Å²) in [4.78, 5) is 38.6. The summed E-state index contributed by atoms with van der Waals surface area (Å²) >= 11 is 0. The Morgan fingerprint density at radius 2 is 1.98 bits per heavy atom. The summed E-state index contributed by atoms with van der Waals surface area (Å²) in [7, 11) is 1.73. The third-order valence-electron chi connectivity index (χ3n) is 6.50. The van der Waals surface area contributed by atoms with Gasteiger partial charge in [-0.3, -0.25) is 14.4 Å². The number of fused-ring (bicyclic) bond motifs is 1. The van der Waals surface area contributed by atoms with Crippen LogP contribution in [0.2, 0.25) is 0 Å². The Morgan fingerprint density at radius 1 is 1.20 bits per heavy atom. The highest BCUT2D eigenvalue weighted by Gasteiger charge is 2.48. The van der Waals surface area contributed by atoms with Crippen LogP contribution in [-0.2, 0) is 14.4 Å². The highest BCUT2D eigenvalue weighted by molar-refractivity contribution is 6.00. The first kappa shape index (κ1) is 28.6. The number of nitrogens with one attached hydrogen (secondary N) is 3. The van der Waals surface area contributed by atoms with Crippen LogP contribution in [0.15, 0.2) is 60.3 Å². The minimum atomic E-state index is -0.628. The van der Waals surface area contributed by atoms with Crippen LogP contribution in [0.25, 0.3) is 5.65 Å². The molecule has 0 spiro atoms. The summed E-state index contributed by atoms with van der Waals surface area (Å²) in [6.07, 6.45) is 12.2. The van der Waals surface area contributed by atoms with Gasteiger partial charge in [-0.15, -0.1) is 5.10 Å². The van der Waals surface area contributed by atoms with E-state index in [2.05, 4.69) is 26.0 Å². The van der Waals surface area contributed by atoms with Gasteiger partial charge >= 0.3 is 0 Å². The number of amides is 2. The Kier molecular flexibility index (Phi) is 9.05. The van der Waals surface area contributed by atoms with Crippen molar-refractivity contribution in [2.75, 3.05) is 17.7 Å². The first-order valence-electron chi connectivity index (χ1n) is 13.2. The van der Waals surface area contributed by atoms with E-state index in [9.17, 15) is 18.8 Å². The lowest BCUT2D eigenvalue weighted by molar-refractivity contribution is -0.119. The molecule has 11 heteroatoms. The normalized spacial score (nSPS) is 15.8. The zero-order valence-corrected chi connectivity index (χ0v) is 22.7. The number of allylic oxidation sites excluding steroid dienone is 4. The second-order valence-electron chi connectivity index (χ2n) is 9.63. The van der Waals surface area contributed by atoms with Crippen LogP contribution in [0.5, 0.6) is 11.6 Å². The number of carbonyl (C=O) groups is 3. The van der Waals surface area contributed by atoms with E-state index in [0.29, 0.717) is 17.2 Å². The number of imidazole rings is 1. The van der Waals surface area contributed by atoms with Crippen LogP contribution < -0.4 is 20.7 Å². The van der Waals surface area contributed by atoms with Gasteiger partial charge in [-0.05, 0) is 64.3 Å². The van der Waals surface area contributed by atoms with E-state index >= 15 is 0 Å². The second-order valence-corrected chi connectivity index (χ2v) is 9.63. The molecule has 2 aliphatic rings. The highest BCUT2D eigenvalue weighted by atomic mass is 19.1. The smallest absolute Gasteiger partial charge is 0.244 e. The lowest BCUT2D eigenvalue weighted by Crippen LogP contribution is -2.40. The van der Waals surface area contributed by atoms with E-state index in [0.717, 1.165) is 44.0 Å². The van der Waals surface area contributed by atoms with E-state index < -0.39 is 11.4 Å². The van der Waals surface area contributed by atoms with Gasteiger partial charge in [-0.1, -0.05) is 25.2 Å². The minimum Gasteiger partial charge on any atom is -0.434 e. The van der Waals surface area contributed by atoms with Crippen molar-refractivity contribution in [1.82, 2.24) is 19.9 Å². The molecular weight excluding hydrogens is 515 g/mol. The third-order valence-corrected chi connectivity index (χ3v) is 6.50. The maximum absolute atomic E-state index is 14.5. The van der Waals surface area contributed by atoms with Crippen molar-refractivity contribution in [3.05, 3.63) is 66.1 Å². The van der Waals surface area contributed by atoms with Crippen molar-refractivity contribution >= 4 is 35.3 Å². The van der Waals surface area contributed by atoms with Gasteiger partial charge in [0.25, 0.3) is 0 Å². The maximum Gasteiger partial charge on any atom is 0.244 e. The molecule has 1 aromatic carbocycles. The van der Waals surface area contributed by atoms with Crippen LogP contribution in [0, 0.1) is 11.7 Å². The van der Waals surface area contributed by atoms with E-state index in [1.807, 2.05) is 26.0 Å². The zero-order chi connectivity index (χ0) is 28.7. The van der Waals surface area contributed by atoms with Gasteiger partial charge in [0.1, 0.15) is 6.29 Å². The van der Waals surface area contributed by atoms with E-state index in [1.165, 1.54) is 16.6 Å². The molecule has 210 valence electrons. The lowest BCUT2D eigenvalue weighted by Gasteiger charge is -2.14. The monoisotopic (exact) mass is 548 g/mol. The van der Waals surface area contributed by atoms with Crippen LogP contribution in [0.4, 0.5) is 15.9 Å². The summed E-state index contributed by atoms with van der Waals surface area (Å²) in [6, 6.07) is 7.44. The summed E-state index contributed by atoms with van der Waals surface area (Å²) in [6.45, 7) is 3.90. The highest BCUT2D eigenvalue weighted by Crippen LogP contribution is 2.36. The number of ether oxygens (including phenoxy) is 1. The molecule has 2 amide bonds. The van der Waals surface area contributed by atoms with Crippen LogP contribution >= 0.6 is 0 Å². The van der Waals surface area contributed by atoms with E-state index in [-0.39, 0.29) is 29.4 Å². The topological polar surface area (TPSA) is 127 Å². The number of hydrogen-bond acceptors (Lipinski definition) is 7. The molecule has 0 atom stereocenters. The second kappa shape index (κ2) is 12.6. The molecular formula is C29H33FN6O4. The molecule has 0 radical (unpaired) electrons. The number of aromatic nitrogens is 3. The molecule has 10 nitrogen and oxygen atoms in total. The molecule has 40 heavy (non-hydrogen) atoms. The molecule has 2 saturated carbocycles. The maximum atomic E-state index is 14.5. The number of benzene rings is 1. The number of aldehydes is 1. The molecule has 2 heterocycles. The van der Waals surface area contributed by atoms with Crippen molar-refractivity contribution in [2.24, 2.45) is 5.92 Å². The quantitative estimate of drug-likeness (QED) is 0.189. The summed E-state index contributed by atoms with van der Waals surface area (Å²) < 4.78 is 21.6. The molecule has 3 N–H and O–H groups in total. The fourth-order valence-corrected chi connectivity index (χ4v) is 3.88. The Balaban J connectivity index is 0.000000357. The Hall–Kier alpha value is -4.38. The fraction of sp³-hybridized carbons (Fsp3) is 0.345. The standard InChI is InChI=1S/C21H21FN6O3.C8H12O/c1-23-21(8-9-21)20(30)24-13-4-5-15(14(22)10-13)31-18-7-6-17-25-16(11-28(17)27-18)26-19(29)12-2-3-12;1-3-5-8(7-9)6-4-2/h4-7,10-12,23H,2-3,8-9H2,1H3,(H,24,30)(H,26,29);3,5-7H,4H2,1-2H3/b;5-3-,8-6+. The molecule has 2 aromatic heterocycles. The number of likely N-dealkylation sites (N-methyl/N-ethyl adjacent to an activating group) is 1. The number of nitrogens with zero attached hydrogens (tertiary/aromatic N) is 3. The molecule has 2 fully saturated rings. The average Bonchev–Trinajstić information content (AvgIpc) is 3.87. The van der Waals surface area contributed by atoms with Gasteiger partial charge in [0, 0.05) is 29.3 Å². The minimum absolute atomic E-state index is 0.0259. The SMILES string of the molecule is C/C=C\C(C=O)=C/CC.CNC1(C(=O)Nc2ccc(Oc3ccc4nc(NC(=O)C5CC5)cn4n3)c(F)c2)CC1. The van der Waals surface area contributed by atoms with Gasteiger partial charge in [-0.25, -0.2) is 13.9 Å². The Bertz CT molecular complexity index is 1460. The molecule has 0 saturated heterocycles. The first-order valence-corrected chi connectivity index (χ1v) is 13.2. The molecule has 5 rings (SSSR count). The predicted octanol–water partition coefficient (Wildman–Crippen LogP) is 4.80. The predicted molar refractivity (Wildman–Crippen MR) is 150 cm³/mol. The van der Waals surface area contributed by atoms with Gasteiger partial charge in [0.05, 0.1) is 11.7 Å². The lowest BCUT2D eigenvalue weighted by atomic mass is 10.2. The van der Waals surface area contributed by atoms with Gasteiger partial charge in [0.15, 0.2) is 23.0 Å². The van der Waals surface area contributed by atoms with Crippen LogP contribution in [-0.4, -0.2) is 45.3 Å². The summed E-state index contributed by atoms with van der Waals surface area (Å²) in [5.41, 5.74) is 1.09. The van der Waals surface area contributed by atoms with Gasteiger partial charge in [0.2, 0.25) is 17.7 Å². The largest absolute Gasteiger partial charge is 0.434 e. The van der Waals surface area contributed by atoms with Crippen molar-refractivity contribution in [1.29, 1.82) is 0 Å². The zero-order valence-electron chi connectivity index (χ0n) is 22.7. The van der Waals surface area contributed by atoms with E-state index in [4.69, 9.17) is 4.74 Å². The third kappa shape index (κ3) is 7.17. The van der Waals surface area contributed by atoms with Crippen molar-refractivity contribution in [3.8, 4) is 11.6 Å². The number of halogens is 1. The van der Waals surface area contributed by atoms with Crippen molar-refractivity contribution < 1.29 is 23.5 Å². The first-order chi connectivity index (χ1) is 19.3. The number of anilines is 2.